The molecule has 20 heavy (non-hydrogen) atoms. The van der Waals surface area contributed by atoms with Crippen LogP contribution in [0, 0.1) is 0 Å². The Balaban J connectivity index is 1.72. The van der Waals surface area contributed by atoms with Crippen molar-refractivity contribution in [2.45, 2.75) is 32.7 Å². The second-order valence-corrected chi connectivity index (χ2v) is 4.82. The Morgan fingerprint density at radius 2 is 2.10 bits per heavy atom. The van der Waals surface area contributed by atoms with Gasteiger partial charge in [0.25, 0.3) is 0 Å². The van der Waals surface area contributed by atoms with Crippen LogP contribution in [-0.2, 0) is 6.42 Å². The molecular weight excluding hydrogens is 250 g/mol. The zero-order valence-corrected chi connectivity index (χ0v) is 12.2. The number of rotatable bonds is 8. The summed E-state index contributed by atoms with van der Waals surface area (Å²) in [5, 5.41) is 3.53. The average molecular weight is 273 g/mol. The zero-order valence-electron chi connectivity index (χ0n) is 12.2. The number of ether oxygens (including phenoxy) is 1. The number of nitrogens with zero attached hydrogens (tertiary/aromatic N) is 1. The van der Waals surface area contributed by atoms with Gasteiger partial charge in [0.1, 0.15) is 11.6 Å². The number of aromatic amines is 1. The number of aryl methyl sites for hydroxylation is 1. The van der Waals surface area contributed by atoms with E-state index in [2.05, 4.69) is 34.3 Å². The fourth-order valence-electron chi connectivity index (χ4n) is 2.15. The Morgan fingerprint density at radius 3 is 2.75 bits per heavy atom. The Labute approximate surface area is 120 Å². The maximum absolute atomic E-state index is 5.45. The van der Waals surface area contributed by atoms with Crippen LogP contribution in [0.3, 0.4) is 0 Å². The second-order valence-electron chi connectivity index (χ2n) is 4.82. The van der Waals surface area contributed by atoms with E-state index in [0.29, 0.717) is 12.6 Å². The number of benzene rings is 1. The molecule has 0 aliphatic carbocycles. The summed E-state index contributed by atoms with van der Waals surface area (Å²) in [5.74, 6) is 1.99. The van der Waals surface area contributed by atoms with Gasteiger partial charge in [-0.25, -0.2) is 4.98 Å². The van der Waals surface area contributed by atoms with Gasteiger partial charge in [-0.15, -0.1) is 0 Å². The summed E-state index contributed by atoms with van der Waals surface area (Å²) in [5.41, 5.74) is 1.28. The van der Waals surface area contributed by atoms with Crippen LogP contribution in [0.4, 0.5) is 0 Å². The molecule has 0 saturated heterocycles. The summed E-state index contributed by atoms with van der Waals surface area (Å²) >= 11 is 0. The van der Waals surface area contributed by atoms with E-state index in [1.807, 2.05) is 25.3 Å². The molecule has 4 nitrogen and oxygen atoms in total. The highest BCUT2D eigenvalue weighted by Gasteiger charge is 2.04. The third-order valence-electron chi connectivity index (χ3n) is 3.29. The monoisotopic (exact) mass is 273 g/mol. The SMILES string of the molecule is CCOc1ccc(C(C)NCCCc2ncc[nH]2)cc1. The van der Waals surface area contributed by atoms with Crippen molar-refractivity contribution in [2.24, 2.45) is 0 Å². The predicted molar refractivity (Wildman–Crippen MR) is 80.9 cm³/mol. The van der Waals surface area contributed by atoms with Gasteiger partial charge in [0.05, 0.1) is 6.61 Å². The van der Waals surface area contributed by atoms with Gasteiger partial charge in [-0.05, 0) is 44.5 Å². The van der Waals surface area contributed by atoms with Crippen LogP contribution < -0.4 is 10.1 Å². The van der Waals surface area contributed by atoms with Crippen molar-refractivity contribution in [1.29, 1.82) is 0 Å². The highest BCUT2D eigenvalue weighted by atomic mass is 16.5. The van der Waals surface area contributed by atoms with E-state index in [9.17, 15) is 0 Å². The maximum atomic E-state index is 5.45. The molecule has 1 aromatic heterocycles. The molecule has 108 valence electrons. The van der Waals surface area contributed by atoms with E-state index in [1.54, 1.807) is 6.20 Å². The number of imidazole rings is 1. The molecule has 4 heteroatoms. The summed E-state index contributed by atoms with van der Waals surface area (Å²) in [6.45, 7) is 5.87. The molecule has 1 unspecified atom stereocenters. The average Bonchev–Trinajstić information content (AvgIpc) is 2.98. The number of hydrogen-bond donors (Lipinski definition) is 2. The van der Waals surface area contributed by atoms with Crippen molar-refractivity contribution >= 4 is 0 Å². The van der Waals surface area contributed by atoms with Crippen LogP contribution in [-0.4, -0.2) is 23.1 Å². The minimum absolute atomic E-state index is 0.349. The summed E-state index contributed by atoms with van der Waals surface area (Å²) < 4.78 is 5.45. The molecule has 2 aromatic rings. The zero-order chi connectivity index (χ0) is 14.2. The molecule has 1 aromatic carbocycles. The van der Waals surface area contributed by atoms with Gasteiger partial charge in [-0.1, -0.05) is 12.1 Å². The maximum Gasteiger partial charge on any atom is 0.119 e. The molecule has 1 heterocycles. The van der Waals surface area contributed by atoms with Crippen LogP contribution in [0.5, 0.6) is 5.75 Å². The van der Waals surface area contributed by atoms with E-state index in [-0.39, 0.29) is 0 Å². The molecule has 0 aliphatic rings. The fourth-order valence-corrected chi connectivity index (χ4v) is 2.15. The Kier molecular flexibility index (Phi) is 5.62. The summed E-state index contributed by atoms with van der Waals surface area (Å²) in [4.78, 5) is 7.34. The first-order valence-corrected chi connectivity index (χ1v) is 7.24. The van der Waals surface area contributed by atoms with E-state index in [4.69, 9.17) is 4.74 Å². The van der Waals surface area contributed by atoms with Crippen molar-refractivity contribution in [1.82, 2.24) is 15.3 Å². The van der Waals surface area contributed by atoms with Crippen LogP contribution in [0.1, 0.15) is 37.7 Å². The number of aromatic nitrogens is 2. The third kappa shape index (κ3) is 4.38. The topological polar surface area (TPSA) is 49.9 Å². The summed E-state index contributed by atoms with van der Waals surface area (Å²) in [6, 6.07) is 8.65. The number of H-pyrrole nitrogens is 1. The first-order chi connectivity index (χ1) is 9.79. The lowest BCUT2D eigenvalue weighted by Crippen LogP contribution is -2.20. The van der Waals surface area contributed by atoms with Crippen molar-refractivity contribution < 1.29 is 4.74 Å². The molecule has 2 N–H and O–H groups in total. The number of hydrogen-bond acceptors (Lipinski definition) is 3. The van der Waals surface area contributed by atoms with Crippen molar-refractivity contribution in [3.63, 3.8) is 0 Å². The molecule has 0 fully saturated rings. The van der Waals surface area contributed by atoms with Crippen LogP contribution >= 0.6 is 0 Å². The molecule has 1 atom stereocenters. The summed E-state index contributed by atoms with van der Waals surface area (Å²) in [7, 11) is 0. The Morgan fingerprint density at radius 1 is 1.30 bits per heavy atom. The lowest BCUT2D eigenvalue weighted by Gasteiger charge is -2.14. The normalized spacial score (nSPS) is 12.3. The van der Waals surface area contributed by atoms with Crippen LogP contribution in [0.25, 0.3) is 0 Å². The molecule has 0 radical (unpaired) electrons. The lowest BCUT2D eigenvalue weighted by atomic mass is 10.1. The van der Waals surface area contributed by atoms with E-state index in [0.717, 1.165) is 31.0 Å². The molecule has 0 aliphatic heterocycles. The summed E-state index contributed by atoms with van der Waals surface area (Å²) in [6.07, 6.45) is 5.72. The highest BCUT2D eigenvalue weighted by Crippen LogP contribution is 2.17. The molecule has 0 bridgehead atoms. The number of nitrogens with one attached hydrogen (secondary N) is 2. The minimum Gasteiger partial charge on any atom is -0.494 e. The van der Waals surface area contributed by atoms with Gasteiger partial charge in [-0.3, -0.25) is 0 Å². The molecule has 0 spiro atoms. The van der Waals surface area contributed by atoms with E-state index >= 15 is 0 Å². The van der Waals surface area contributed by atoms with Gasteiger partial charge < -0.3 is 15.0 Å². The van der Waals surface area contributed by atoms with Gasteiger partial charge in [0.15, 0.2) is 0 Å². The van der Waals surface area contributed by atoms with E-state index in [1.165, 1.54) is 5.56 Å². The third-order valence-corrected chi connectivity index (χ3v) is 3.29. The largest absolute Gasteiger partial charge is 0.494 e. The molecule has 0 amide bonds. The van der Waals surface area contributed by atoms with Crippen LogP contribution in [0.15, 0.2) is 36.7 Å². The fraction of sp³-hybridized carbons (Fsp3) is 0.438. The Bertz CT molecular complexity index is 479. The minimum atomic E-state index is 0.349. The first kappa shape index (κ1) is 14.6. The molecule has 0 saturated carbocycles. The standard InChI is InChI=1S/C16H23N3O/c1-3-20-15-8-6-14(7-9-15)13(2)17-10-4-5-16-18-11-12-19-16/h6-9,11-13,17H,3-5,10H2,1-2H3,(H,18,19). The van der Waals surface area contributed by atoms with Crippen LogP contribution in [0.2, 0.25) is 0 Å². The highest BCUT2D eigenvalue weighted by molar-refractivity contribution is 5.28. The second kappa shape index (κ2) is 7.70. The van der Waals surface area contributed by atoms with Gasteiger partial charge in [0.2, 0.25) is 0 Å². The first-order valence-electron chi connectivity index (χ1n) is 7.24. The van der Waals surface area contributed by atoms with Crippen molar-refractivity contribution in [3.8, 4) is 5.75 Å². The Hall–Kier alpha value is -1.81. The molecule has 2 rings (SSSR count). The van der Waals surface area contributed by atoms with Crippen molar-refractivity contribution in [2.75, 3.05) is 13.2 Å². The molecular formula is C16H23N3O. The quantitative estimate of drug-likeness (QED) is 0.727. The predicted octanol–water partition coefficient (Wildman–Crippen LogP) is 3.09. The van der Waals surface area contributed by atoms with Gasteiger partial charge in [0, 0.05) is 24.9 Å². The van der Waals surface area contributed by atoms with Crippen molar-refractivity contribution in [3.05, 3.63) is 48.0 Å². The van der Waals surface area contributed by atoms with E-state index < -0.39 is 0 Å². The van der Waals surface area contributed by atoms with Gasteiger partial charge in [-0.2, -0.15) is 0 Å². The smallest absolute Gasteiger partial charge is 0.119 e. The van der Waals surface area contributed by atoms with Gasteiger partial charge >= 0.3 is 0 Å². The lowest BCUT2D eigenvalue weighted by molar-refractivity contribution is 0.340.